The molecule has 2 aliphatic heterocycles. The second kappa shape index (κ2) is 13.3. The van der Waals surface area contributed by atoms with Crippen LogP contribution in [0.1, 0.15) is 44.6 Å². The predicted octanol–water partition coefficient (Wildman–Crippen LogP) is 4.12. The quantitative estimate of drug-likeness (QED) is 0.127. The van der Waals surface area contributed by atoms with Gasteiger partial charge in [-0.05, 0) is 49.8 Å². The van der Waals surface area contributed by atoms with Crippen molar-refractivity contribution in [1.82, 2.24) is 4.90 Å². The molecule has 1 aromatic carbocycles. The minimum absolute atomic E-state index is 0.109. The number of hydrogen-bond acceptors (Lipinski definition) is 8. The second-order valence-corrected chi connectivity index (χ2v) is 11.0. The molecule has 5 rings (SSSR count). The Kier molecular flexibility index (Phi) is 10.1. The third-order valence-corrected chi connectivity index (χ3v) is 8.34. The maximum atomic E-state index is 14.3. The Morgan fingerprint density at radius 3 is 2.36 bits per heavy atom. The minimum Gasteiger partial charge on any atom is -0.466 e. The van der Waals surface area contributed by atoms with Gasteiger partial charge in [0.25, 0.3) is 0 Å². The summed E-state index contributed by atoms with van der Waals surface area (Å²) in [4.78, 5) is 54.5. The zero-order valence-electron chi connectivity index (χ0n) is 22.2. The summed E-state index contributed by atoms with van der Waals surface area (Å²) in [7, 11) is 0. The van der Waals surface area contributed by atoms with E-state index < -0.39 is 47.7 Å². The van der Waals surface area contributed by atoms with Crippen molar-refractivity contribution in [3.63, 3.8) is 0 Å². The van der Waals surface area contributed by atoms with Gasteiger partial charge in [0.15, 0.2) is 5.78 Å². The molecular weight excluding hydrogens is 545 g/mol. The van der Waals surface area contributed by atoms with Gasteiger partial charge < -0.3 is 14.2 Å². The van der Waals surface area contributed by atoms with Gasteiger partial charge in [0.1, 0.15) is 23.7 Å². The summed E-state index contributed by atoms with van der Waals surface area (Å²) in [5.41, 5.74) is 0.609. The lowest BCUT2D eigenvalue weighted by Crippen LogP contribution is -2.67. The number of ether oxygens (including phenoxy) is 3. The number of fused-ring (bicyclic) bond motifs is 3. The summed E-state index contributed by atoms with van der Waals surface area (Å²) >= 11 is 12.4. The van der Waals surface area contributed by atoms with Crippen molar-refractivity contribution >= 4 is 46.9 Å². The lowest BCUT2D eigenvalue weighted by Gasteiger charge is -2.53. The Balaban J connectivity index is 1.78. The summed E-state index contributed by atoms with van der Waals surface area (Å²) < 4.78 is 16.5. The number of alkyl halides is 2. The average Bonchev–Trinajstić information content (AvgIpc) is 2.91. The van der Waals surface area contributed by atoms with E-state index in [1.807, 2.05) is 0 Å². The van der Waals surface area contributed by atoms with Crippen LogP contribution >= 0.6 is 23.2 Å². The van der Waals surface area contributed by atoms with Crippen molar-refractivity contribution in [3.8, 4) is 5.75 Å². The van der Waals surface area contributed by atoms with Gasteiger partial charge >= 0.3 is 17.9 Å². The molecule has 2 bridgehead atoms. The first kappa shape index (κ1) is 29.6. The maximum Gasteiger partial charge on any atom is 0.317 e. The van der Waals surface area contributed by atoms with Crippen LogP contribution in [0.3, 0.4) is 0 Å². The highest BCUT2D eigenvalue weighted by molar-refractivity contribution is 6.18. The zero-order valence-corrected chi connectivity index (χ0v) is 23.7. The van der Waals surface area contributed by atoms with Crippen molar-refractivity contribution in [2.24, 2.45) is 23.7 Å². The van der Waals surface area contributed by atoms with Gasteiger partial charge in [-0.3, -0.25) is 24.1 Å². The van der Waals surface area contributed by atoms with E-state index in [2.05, 4.69) is 17.1 Å². The van der Waals surface area contributed by atoms with Crippen LogP contribution in [-0.2, 0) is 28.7 Å². The van der Waals surface area contributed by atoms with Crippen molar-refractivity contribution < 1.29 is 33.4 Å². The van der Waals surface area contributed by atoms with E-state index >= 15 is 0 Å². The summed E-state index contributed by atoms with van der Waals surface area (Å²) in [6.45, 7) is 4.20. The normalized spacial score (nSPS) is 28.7. The number of carbonyl (C=O) groups is 4. The standard InChI is InChI=1S/C29H35Cl2NO7/c1-3-37-28(35)23-21(18-9-11-20(12-10-18)38-17(2)33)22-26(34)24(27(23)39-29(22)36)25(19-7-5-4-6-8-19)32(15-13-30)16-14-31/h4-5,9-12,19,21-25,27H,3,6-8,13-16H2,1-2H3/t19-,21+,22+,23-,24-,25+,27+/m0/s1. The van der Waals surface area contributed by atoms with Crippen LogP contribution in [0.5, 0.6) is 5.75 Å². The molecule has 0 amide bonds. The summed E-state index contributed by atoms with van der Waals surface area (Å²) in [6.07, 6.45) is 5.77. The smallest absolute Gasteiger partial charge is 0.317 e. The first-order valence-corrected chi connectivity index (χ1v) is 14.6. The molecule has 4 aliphatic rings. The van der Waals surface area contributed by atoms with Crippen LogP contribution in [-0.4, -0.2) is 72.2 Å². The van der Waals surface area contributed by atoms with E-state index in [4.69, 9.17) is 37.4 Å². The van der Waals surface area contributed by atoms with E-state index in [-0.39, 0.29) is 24.3 Å². The molecule has 3 fully saturated rings. The van der Waals surface area contributed by atoms with Crippen molar-refractivity contribution in [2.75, 3.05) is 31.5 Å². The molecule has 2 heterocycles. The largest absolute Gasteiger partial charge is 0.466 e. The highest BCUT2D eigenvalue weighted by Gasteiger charge is 2.65. The predicted molar refractivity (Wildman–Crippen MR) is 146 cm³/mol. The number of nitrogens with zero attached hydrogens (tertiary/aromatic N) is 1. The summed E-state index contributed by atoms with van der Waals surface area (Å²) in [6, 6.07) is 6.25. The number of rotatable bonds is 11. The van der Waals surface area contributed by atoms with E-state index in [9.17, 15) is 19.2 Å². The van der Waals surface area contributed by atoms with Crippen LogP contribution in [0, 0.1) is 23.7 Å². The summed E-state index contributed by atoms with van der Waals surface area (Å²) in [5, 5.41) is 0. The molecular formula is C29H35Cl2NO7. The number of esters is 3. The van der Waals surface area contributed by atoms with E-state index in [1.54, 1.807) is 31.2 Å². The van der Waals surface area contributed by atoms with Crippen LogP contribution < -0.4 is 4.74 Å². The topological polar surface area (TPSA) is 99.2 Å². The van der Waals surface area contributed by atoms with Gasteiger partial charge in [-0.25, -0.2) is 0 Å². The molecule has 0 aromatic heterocycles. The molecule has 212 valence electrons. The Hall–Kier alpha value is -2.42. The number of halogens is 2. The highest BCUT2D eigenvalue weighted by Crippen LogP contribution is 2.52. The lowest BCUT2D eigenvalue weighted by atomic mass is 9.57. The van der Waals surface area contributed by atoms with Gasteiger partial charge in [-0.15, -0.1) is 23.2 Å². The fourth-order valence-corrected chi connectivity index (χ4v) is 7.01. The third-order valence-electron chi connectivity index (χ3n) is 8.01. The number of ketones is 1. The van der Waals surface area contributed by atoms with Crippen molar-refractivity contribution in [1.29, 1.82) is 0 Å². The molecule has 39 heavy (non-hydrogen) atoms. The average molecular weight is 581 g/mol. The second-order valence-electron chi connectivity index (χ2n) is 10.2. The lowest BCUT2D eigenvalue weighted by molar-refractivity contribution is -0.201. The van der Waals surface area contributed by atoms with Crippen molar-refractivity contribution in [2.45, 2.75) is 51.2 Å². The molecule has 0 N–H and O–H groups in total. The van der Waals surface area contributed by atoms with E-state index in [1.165, 1.54) is 6.92 Å². The Morgan fingerprint density at radius 2 is 1.79 bits per heavy atom. The number of hydrogen-bond donors (Lipinski definition) is 0. The van der Waals surface area contributed by atoms with Crippen LogP contribution in [0.25, 0.3) is 0 Å². The van der Waals surface area contributed by atoms with E-state index in [0.717, 1.165) is 19.3 Å². The Labute approximate surface area is 238 Å². The fourth-order valence-electron chi connectivity index (χ4n) is 6.58. The zero-order chi connectivity index (χ0) is 28.1. The van der Waals surface area contributed by atoms with Crippen LogP contribution in [0.15, 0.2) is 36.4 Å². The first-order valence-electron chi connectivity index (χ1n) is 13.5. The van der Waals surface area contributed by atoms with Crippen LogP contribution in [0.2, 0.25) is 0 Å². The van der Waals surface area contributed by atoms with E-state index in [0.29, 0.717) is 36.2 Å². The molecule has 2 aliphatic carbocycles. The molecule has 8 nitrogen and oxygen atoms in total. The van der Waals surface area contributed by atoms with Gasteiger partial charge in [0, 0.05) is 43.7 Å². The fraction of sp³-hybridized carbons (Fsp3) is 0.586. The summed E-state index contributed by atoms with van der Waals surface area (Å²) in [5.74, 6) is -4.19. The molecule has 10 heteroatoms. The number of benzene rings is 1. The van der Waals surface area contributed by atoms with Gasteiger partial charge in [-0.2, -0.15) is 0 Å². The SMILES string of the molecule is CCOC(=O)[C@@H]1[C@H]2OC(=O)[C@@H](C(=O)[C@@H]2[C@@H]([C@H]2CC=CCC2)N(CCCl)CCCl)[C@H]1c1ccc(OC(C)=O)cc1. The molecule has 2 saturated heterocycles. The molecule has 0 unspecified atom stereocenters. The van der Waals surface area contributed by atoms with Gasteiger partial charge in [0.05, 0.1) is 12.5 Å². The Bertz CT molecular complexity index is 1090. The number of allylic oxidation sites excluding steroid dienone is 2. The molecule has 0 spiro atoms. The van der Waals surface area contributed by atoms with Gasteiger partial charge in [-0.1, -0.05) is 24.3 Å². The molecule has 7 atom stereocenters. The third kappa shape index (κ3) is 6.18. The van der Waals surface area contributed by atoms with Crippen LogP contribution in [0.4, 0.5) is 0 Å². The maximum absolute atomic E-state index is 14.3. The number of carbonyl (C=O) groups excluding carboxylic acids is 4. The van der Waals surface area contributed by atoms with Gasteiger partial charge in [0.2, 0.25) is 0 Å². The first-order chi connectivity index (χ1) is 18.8. The monoisotopic (exact) mass is 579 g/mol. The number of Topliss-reactive ketones (excluding diaryl/α,β-unsaturated/α-hetero) is 1. The molecule has 0 radical (unpaired) electrons. The Morgan fingerprint density at radius 1 is 1.10 bits per heavy atom. The molecule has 1 saturated carbocycles. The van der Waals surface area contributed by atoms with Crippen molar-refractivity contribution in [3.05, 3.63) is 42.0 Å². The molecule has 1 aromatic rings. The highest BCUT2D eigenvalue weighted by atomic mass is 35.5. The minimum atomic E-state index is -1.16.